The lowest BCUT2D eigenvalue weighted by Crippen LogP contribution is -2.33. The maximum Gasteiger partial charge on any atom is 0.407 e. The maximum atomic E-state index is 12.4. The van der Waals surface area contributed by atoms with Crippen molar-refractivity contribution in [1.29, 1.82) is 0 Å². The van der Waals surface area contributed by atoms with Crippen molar-refractivity contribution in [2.24, 2.45) is 0 Å². The molecule has 0 saturated carbocycles. The number of amides is 1. The molecule has 0 spiro atoms. The van der Waals surface area contributed by atoms with E-state index in [2.05, 4.69) is 21.2 Å². The third-order valence-electron chi connectivity index (χ3n) is 4.14. The lowest BCUT2D eigenvalue weighted by Gasteiger charge is -2.21. The molecule has 0 aliphatic rings. The van der Waals surface area contributed by atoms with E-state index in [0.717, 1.165) is 15.6 Å². The zero-order valence-corrected chi connectivity index (χ0v) is 18.7. The number of nitrogens with one attached hydrogen (secondary N) is 1. The number of hydrogen-bond donors (Lipinski definition) is 1. The summed E-state index contributed by atoms with van der Waals surface area (Å²) in [4.78, 5) is 24.3. The topological polar surface area (TPSA) is 64.6 Å². The second-order valence-corrected chi connectivity index (χ2v) is 8.74. The van der Waals surface area contributed by atoms with E-state index in [1.807, 2.05) is 75.4 Å². The highest BCUT2D eigenvalue weighted by molar-refractivity contribution is 9.10. The minimum Gasteiger partial charge on any atom is -0.461 e. The molecule has 0 aliphatic carbocycles. The van der Waals surface area contributed by atoms with E-state index < -0.39 is 11.7 Å². The van der Waals surface area contributed by atoms with Gasteiger partial charge in [-0.25, -0.2) is 4.79 Å². The molecule has 1 N–H and O–H groups in total. The lowest BCUT2D eigenvalue weighted by molar-refractivity contribution is -0.145. The Bertz CT molecular complexity index is 802. The third kappa shape index (κ3) is 9.13. The number of carbonyl (C=O) groups is 2. The number of hydrogen-bond acceptors (Lipinski definition) is 4. The number of ether oxygens (including phenoxy) is 2. The van der Waals surface area contributed by atoms with Gasteiger partial charge >= 0.3 is 12.1 Å². The zero-order valence-electron chi connectivity index (χ0n) is 17.1. The summed E-state index contributed by atoms with van der Waals surface area (Å²) < 4.78 is 11.6. The fraction of sp³-hybridized carbons (Fsp3) is 0.391. The van der Waals surface area contributed by atoms with Gasteiger partial charge in [0, 0.05) is 11.0 Å². The van der Waals surface area contributed by atoms with E-state index in [1.54, 1.807) is 0 Å². The van der Waals surface area contributed by atoms with Gasteiger partial charge in [0.2, 0.25) is 0 Å². The molecule has 2 aromatic carbocycles. The Kier molecular flexibility index (Phi) is 8.70. The van der Waals surface area contributed by atoms with Crippen molar-refractivity contribution in [2.75, 3.05) is 6.54 Å². The minimum atomic E-state index is -0.547. The standard InChI is InChI=1S/C23H28BrNO4/c1-23(2,3)29-22(27)25-13-12-19(18-10-7-11-20(24)14-18)15-21(26)28-16-17-8-5-4-6-9-17/h4-11,14,19H,12-13,15-16H2,1-3H3,(H,25,27)/t19-/m0/s1. The van der Waals surface area contributed by atoms with Gasteiger partial charge in [-0.05, 0) is 56.4 Å². The minimum absolute atomic E-state index is 0.0780. The van der Waals surface area contributed by atoms with Gasteiger partial charge in [0.05, 0.1) is 6.42 Å². The zero-order chi connectivity index (χ0) is 21.3. The summed E-state index contributed by atoms with van der Waals surface area (Å²) in [6.07, 6.45) is 0.368. The van der Waals surface area contributed by atoms with Crippen molar-refractivity contribution >= 4 is 28.0 Å². The number of alkyl carbamates (subject to hydrolysis) is 1. The largest absolute Gasteiger partial charge is 0.461 e. The van der Waals surface area contributed by atoms with Crippen LogP contribution in [0, 0.1) is 0 Å². The van der Waals surface area contributed by atoms with E-state index in [1.165, 1.54) is 0 Å². The van der Waals surface area contributed by atoms with Crippen LogP contribution in [-0.4, -0.2) is 24.2 Å². The van der Waals surface area contributed by atoms with Gasteiger partial charge in [-0.1, -0.05) is 58.4 Å². The second-order valence-electron chi connectivity index (χ2n) is 7.82. The number of benzene rings is 2. The van der Waals surface area contributed by atoms with Gasteiger partial charge in [-0.2, -0.15) is 0 Å². The van der Waals surface area contributed by atoms with E-state index in [4.69, 9.17) is 9.47 Å². The molecule has 0 fully saturated rings. The van der Waals surface area contributed by atoms with Gasteiger partial charge in [-0.3, -0.25) is 4.79 Å². The molecule has 0 unspecified atom stereocenters. The van der Waals surface area contributed by atoms with Crippen LogP contribution in [0.1, 0.15) is 50.7 Å². The lowest BCUT2D eigenvalue weighted by atomic mass is 9.92. The second kappa shape index (κ2) is 11.0. The molecule has 0 aromatic heterocycles. The Balaban J connectivity index is 1.94. The Morgan fingerprint density at radius 2 is 1.79 bits per heavy atom. The molecule has 6 heteroatoms. The SMILES string of the molecule is CC(C)(C)OC(=O)NCC[C@@H](CC(=O)OCc1ccccc1)c1cccc(Br)c1. The van der Waals surface area contributed by atoms with E-state index in [-0.39, 0.29) is 24.9 Å². The van der Waals surface area contributed by atoms with Crippen molar-refractivity contribution < 1.29 is 19.1 Å². The number of carbonyl (C=O) groups excluding carboxylic acids is 2. The van der Waals surface area contributed by atoms with Gasteiger partial charge < -0.3 is 14.8 Å². The first-order valence-electron chi connectivity index (χ1n) is 9.65. The summed E-state index contributed by atoms with van der Waals surface area (Å²) in [6.45, 7) is 6.11. The fourth-order valence-corrected chi connectivity index (χ4v) is 3.22. The molecule has 0 heterocycles. The van der Waals surface area contributed by atoms with E-state index >= 15 is 0 Å². The predicted molar refractivity (Wildman–Crippen MR) is 117 cm³/mol. The first kappa shape index (κ1) is 22.9. The summed E-state index contributed by atoms with van der Waals surface area (Å²) in [5.41, 5.74) is 1.42. The van der Waals surface area contributed by atoms with Gasteiger partial charge in [0.1, 0.15) is 12.2 Å². The molecule has 29 heavy (non-hydrogen) atoms. The van der Waals surface area contributed by atoms with Crippen LogP contribution in [0.5, 0.6) is 0 Å². The normalized spacial score (nSPS) is 12.1. The summed E-state index contributed by atoms with van der Waals surface area (Å²) in [5, 5.41) is 2.76. The molecule has 2 aromatic rings. The predicted octanol–water partition coefficient (Wildman–Crippen LogP) is 5.58. The molecule has 5 nitrogen and oxygen atoms in total. The fourth-order valence-electron chi connectivity index (χ4n) is 2.81. The van der Waals surface area contributed by atoms with Crippen molar-refractivity contribution in [1.82, 2.24) is 5.32 Å². The maximum absolute atomic E-state index is 12.4. The van der Waals surface area contributed by atoms with E-state index in [0.29, 0.717) is 13.0 Å². The van der Waals surface area contributed by atoms with Crippen LogP contribution in [-0.2, 0) is 20.9 Å². The van der Waals surface area contributed by atoms with Crippen molar-refractivity contribution in [3.05, 3.63) is 70.2 Å². The summed E-state index contributed by atoms with van der Waals surface area (Å²) in [7, 11) is 0. The van der Waals surface area contributed by atoms with Gasteiger partial charge in [0.15, 0.2) is 0 Å². The van der Waals surface area contributed by atoms with Crippen molar-refractivity contribution in [3.63, 3.8) is 0 Å². The number of rotatable bonds is 8. The summed E-state index contributed by atoms with van der Waals surface area (Å²) in [6, 6.07) is 17.4. The highest BCUT2D eigenvalue weighted by Gasteiger charge is 2.20. The Hall–Kier alpha value is -2.34. The Morgan fingerprint density at radius 3 is 2.45 bits per heavy atom. The van der Waals surface area contributed by atoms with E-state index in [9.17, 15) is 9.59 Å². The molecule has 0 saturated heterocycles. The van der Waals surface area contributed by atoms with Crippen molar-refractivity contribution in [2.45, 2.75) is 51.7 Å². The van der Waals surface area contributed by atoms with Crippen LogP contribution in [0.4, 0.5) is 4.79 Å². The summed E-state index contributed by atoms with van der Waals surface area (Å²) >= 11 is 3.48. The molecule has 156 valence electrons. The molecule has 1 amide bonds. The average Bonchev–Trinajstić information content (AvgIpc) is 2.65. The monoisotopic (exact) mass is 461 g/mol. The third-order valence-corrected chi connectivity index (χ3v) is 4.63. The van der Waals surface area contributed by atoms with Crippen LogP contribution in [0.15, 0.2) is 59.1 Å². The highest BCUT2D eigenvalue weighted by Crippen LogP contribution is 2.26. The van der Waals surface area contributed by atoms with Crippen LogP contribution < -0.4 is 5.32 Å². The molecular weight excluding hydrogens is 434 g/mol. The summed E-state index contributed by atoms with van der Waals surface area (Å²) in [5.74, 6) is -0.346. The molecule has 0 radical (unpaired) electrons. The molecule has 1 atom stereocenters. The van der Waals surface area contributed by atoms with Gasteiger partial charge in [-0.15, -0.1) is 0 Å². The Morgan fingerprint density at radius 1 is 1.07 bits per heavy atom. The van der Waals surface area contributed by atoms with Crippen molar-refractivity contribution in [3.8, 4) is 0 Å². The first-order chi connectivity index (χ1) is 13.7. The smallest absolute Gasteiger partial charge is 0.407 e. The number of halogens is 1. The van der Waals surface area contributed by atoms with Crippen LogP contribution in [0.3, 0.4) is 0 Å². The van der Waals surface area contributed by atoms with Crippen LogP contribution >= 0.6 is 15.9 Å². The average molecular weight is 462 g/mol. The molecule has 0 bridgehead atoms. The highest BCUT2D eigenvalue weighted by atomic mass is 79.9. The molecule has 2 rings (SSSR count). The molecular formula is C23H28BrNO4. The number of esters is 1. The Labute approximate surface area is 180 Å². The first-order valence-corrected chi connectivity index (χ1v) is 10.4. The quantitative estimate of drug-likeness (QED) is 0.520. The van der Waals surface area contributed by atoms with Crippen LogP contribution in [0.2, 0.25) is 0 Å². The molecule has 0 aliphatic heterocycles. The van der Waals surface area contributed by atoms with Gasteiger partial charge in [0.25, 0.3) is 0 Å². The van der Waals surface area contributed by atoms with Crippen LogP contribution in [0.25, 0.3) is 0 Å².